The molecule has 0 unspecified atom stereocenters. The van der Waals surface area contributed by atoms with Crippen LogP contribution < -0.4 is 11.5 Å². The van der Waals surface area contributed by atoms with Gasteiger partial charge in [-0.05, 0) is 25.7 Å². The molecule has 0 rings (SSSR count). The lowest BCUT2D eigenvalue weighted by molar-refractivity contribution is -0.132. The molecule has 270 valence electrons. The maximum absolute atomic E-state index is 10.2. The summed E-state index contributed by atoms with van der Waals surface area (Å²) in [6.07, 6.45) is 57.5. The molecule has 6 nitrogen and oxygen atoms in total. The van der Waals surface area contributed by atoms with Gasteiger partial charge in [-0.1, -0.05) is 200 Å². The topological polar surface area (TPSA) is 127 Å². The third kappa shape index (κ3) is 57.9. The average Bonchev–Trinajstić information content (AvgIpc) is 3.07. The van der Waals surface area contributed by atoms with Gasteiger partial charge in [0.05, 0.1) is 0 Å². The van der Waals surface area contributed by atoms with Crippen molar-refractivity contribution in [1.82, 2.24) is 0 Å². The molecule has 0 atom stereocenters. The van der Waals surface area contributed by atoms with Gasteiger partial charge in [0.2, 0.25) is 0 Å². The molecule has 0 aliphatic rings. The predicted octanol–water partition coefficient (Wildman–Crippen LogP) is 10.9. The maximum Gasteiger partial charge on any atom is 0.328 e. The number of carboxylic acids is 2. The lowest BCUT2D eigenvalue weighted by Crippen LogP contribution is -2.11. The number of aliphatic carboxylic acids is 2. The number of rotatable bonds is 27. The number of hydrogen-bond acceptors (Lipinski definition) is 4. The Hall–Kier alpha value is -3.74. The highest BCUT2D eigenvalue weighted by Gasteiger charge is 1.90. The highest BCUT2D eigenvalue weighted by Crippen LogP contribution is 2.09. The monoisotopic (exact) mass is 665 g/mol. The van der Waals surface area contributed by atoms with Crippen LogP contribution in [-0.4, -0.2) is 35.2 Å². The van der Waals surface area contributed by atoms with E-state index in [9.17, 15) is 9.59 Å². The van der Waals surface area contributed by atoms with Crippen molar-refractivity contribution in [1.29, 1.82) is 0 Å². The lowest BCUT2D eigenvalue weighted by Gasteiger charge is -1.98. The lowest BCUT2D eigenvalue weighted by atomic mass is 10.1. The van der Waals surface area contributed by atoms with Crippen LogP contribution in [0.4, 0.5) is 0 Å². The smallest absolute Gasteiger partial charge is 0.328 e. The first-order chi connectivity index (χ1) is 23.5. The van der Waals surface area contributed by atoms with E-state index >= 15 is 0 Å². The van der Waals surface area contributed by atoms with E-state index in [1.165, 1.54) is 102 Å². The van der Waals surface area contributed by atoms with E-state index in [0.29, 0.717) is 13.1 Å². The van der Waals surface area contributed by atoms with Crippen molar-refractivity contribution in [3.63, 3.8) is 0 Å². The Bertz CT molecular complexity index is 915. The molecule has 0 radical (unpaired) electrons. The number of unbranched alkanes of at least 4 members (excludes halogenated alkanes) is 14. The van der Waals surface area contributed by atoms with E-state index in [-0.39, 0.29) is 0 Å². The molecule has 0 heterocycles. The molecule has 48 heavy (non-hydrogen) atoms. The standard InChI is InChI=1S/2C20H30O2.C2H8N2/c2*1-2-3-4-5-6-7-8-9-10-11-12-13-14-15-16-17-18-19-20(21)22;3-1-2-4/h2*10-19H,2-9H2,1H3,(H,21,22);1-4H2. The Morgan fingerprint density at radius 3 is 0.917 bits per heavy atom. The van der Waals surface area contributed by atoms with Crippen LogP contribution in [0.5, 0.6) is 0 Å². The van der Waals surface area contributed by atoms with Crippen LogP contribution in [0.1, 0.15) is 117 Å². The van der Waals surface area contributed by atoms with Gasteiger partial charge in [-0.2, -0.15) is 0 Å². The first kappa shape index (κ1) is 48.7. The minimum atomic E-state index is -0.931. The zero-order valence-corrected chi connectivity index (χ0v) is 30.1. The Kier molecular flexibility index (Phi) is 48.3. The summed E-state index contributed by atoms with van der Waals surface area (Å²) in [5.41, 5.74) is 9.81. The normalized spacial score (nSPS) is 12.3. The van der Waals surface area contributed by atoms with Crippen molar-refractivity contribution in [2.75, 3.05) is 13.1 Å². The molecule has 6 N–H and O–H groups in total. The predicted molar refractivity (Wildman–Crippen MR) is 210 cm³/mol. The number of nitrogens with two attached hydrogens (primary N) is 2. The molecule has 0 spiro atoms. The molecular weight excluding hydrogens is 596 g/mol. The summed E-state index contributed by atoms with van der Waals surface area (Å²) in [6.45, 7) is 5.70. The first-order valence-electron chi connectivity index (χ1n) is 18.0. The van der Waals surface area contributed by atoms with Gasteiger partial charge < -0.3 is 21.7 Å². The van der Waals surface area contributed by atoms with E-state index in [4.69, 9.17) is 21.7 Å². The van der Waals surface area contributed by atoms with Crippen molar-refractivity contribution in [2.45, 2.75) is 117 Å². The molecule has 0 saturated heterocycles. The SMILES string of the molecule is CCCCCCCCCC=CC=CC=CC=CC=CC(=O)O.CCCCCCCCCC=CC=CC=CC=CC=CC(=O)O.NCCN. The number of hydrogen-bond donors (Lipinski definition) is 4. The number of carboxylic acid groups (broad SMARTS) is 2. The molecule has 0 saturated carbocycles. The zero-order valence-electron chi connectivity index (χ0n) is 30.1. The molecule has 0 aromatic heterocycles. The van der Waals surface area contributed by atoms with Crippen LogP contribution in [0.15, 0.2) is 122 Å². The average molecular weight is 665 g/mol. The van der Waals surface area contributed by atoms with Gasteiger partial charge in [0.1, 0.15) is 0 Å². The van der Waals surface area contributed by atoms with Crippen molar-refractivity contribution >= 4 is 11.9 Å². The highest BCUT2D eigenvalue weighted by molar-refractivity contribution is 5.80. The molecule has 6 heteroatoms. The summed E-state index contributed by atoms with van der Waals surface area (Å²) in [7, 11) is 0. The molecule has 0 amide bonds. The van der Waals surface area contributed by atoms with Crippen molar-refractivity contribution in [3.05, 3.63) is 122 Å². The largest absolute Gasteiger partial charge is 0.478 e. The second-order valence-electron chi connectivity index (χ2n) is 11.0. The molecular formula is C42H68N2O4. The molecule has 0 aliphatic heterocycles. The van der Waals surface area contributed by atoms with E-state index in [1.807, 2.05) is 48.6 Å². The molecule has 0 bridgehead atoms. The van der Waals surface area contributed by atoms with Gasteiger partial charge >= 0.3 is 11.9 Å². The Balaban J connectivity index is -0.000000758. The van der Waals surface area contributed by atoms with Gasteiger partial charge in [0, 0.05) is 25.2 Å². The van der Waals surface area contributed by atoms with E-state index in [1.54, 1.807) is 24.3 Å². The third-order valence-electron chi connectivity index (χ3n) is 6.42. The second kappa shape index (κ2) is 47.7. The van der Waals surface area contributed by atoms with Crippen molar-refractivity contribution in [2.24, 2.45) is 11.5 Å². The summed E-state index contributed by atoms with van der Waals surface area (Å²) < 4.78 is 0. The van der Waals surface area contributed by atoms with Crippen LogP contribution in [-0.2, 0) is 9.59 Å². The van der Waals surface area contributed by atoms with Gasteiger partial charge in [0.25, 0.3) is 0 Å². The molecule has 0 aromatic rings. The summed E-state index contributed by atoms with van der Waals surface area (Å²) in [4.78, 5) is 20.4. The Morgan fingerprint density at radius 2 is 0.646 bits per heavy atom. The van der Waals surface area contributed by atoms with Gasteiger partial charge in [-0.3, -0.25) is 0 Å². The second-order valence-corrected chi connectivity index (χ2v) is 11.0. The quantitative estimate of drug-likeness (QED) is 0.0393. The summed E-state index contributed by atoms with van der Waals surface area (Å²) in [5, 5.41) is 16.8. The van der Waals surface area contributed by atoms with Crippen molar-refractivity contribution in [3.8, 4) is 0 Å². The minimum absolute atomic E-state index is 0.597. The molecule has 0 aromatic carbocycles. The summed E-state index contributed by atoms with van der Waals surface area (Å²) >= 11 is 0. The van der Waals surface area contributed by atoms with Gasteiger partial charge in [0.15, 0.2) is 0 Å². The van der Waals surface area contributed by atoms with Gasteiger partial charge in [-0.15, -0.1) is 0 Å². The number of carbonyl (C=O) groups is 2. The fraction of sp³-hybridized carbons (Fsp3) is 0.476. The van der Waals surface area contributed by atoms with E-state index < -0.39 is 11.9 Å². The Morgan fingerprint density at radius 1 is 0.396 bits per heavy atom. The van der Waals surface area contributed by atoms with Crippen LogP contribution in [0.3, 0.4) is 0 Å². The van der Waals surface area contributed by atoms with Crippen LogP contribution >= 0.6 is 0 Å². The third-order valence-corrected chi connectivity index (χ3v) is 6.42. The van der Waals surface area contributed by atoms with Gasteiger partial charge in [-0.25, -0.2) is 9.59 Å². The fourth-order valence-corrected chi connectivity index (χ4v) is 3.83. The van der Waals surface area contributed by atoms with Crippen molar-refractivity contribution < 1.29 is 19.8 Å². The molecule has 0 aliphatic carbocycles. The summed E-state index contributed by atoms with van der Waals surface area (Å²) in [6, 6.07) is 0. The zero-order chi connectivity index (χ0) is 36.0. The Labute approximate surface area is 293 Å². The summed E-state index contributed by atoms with van der Waals surface area (Å²) in [5.74, 6) is -1.86. The number of allylic oxidation sites excluding steroid dienone is 18. The van der Waals surface area contributed by atoms with E-state index in [2.05, 4.69) is 38.2 Å². The maximum atomic E-state index is 10.2. The van der Waals surface area contributed by atoms with Crippen LogP contribution in [0, 0.1) is 0 Å². The minimum Gasteiger partial charge on any atom is -0.478 e. The molecule has 0 fully saturated rings. The fourth-order valence-electron chi connectivity index (χ4n) is 3.83. The van der Waals surface area contributed by atoms with E-state index in [0.717, 1.165) is 25.0 Å². The van der Waals surface area contributed by atoms with Crippen LogP contribution in [0.2, 0.25) is 0 Å². The highest BCUT2D eigenvalue weighted by atomic mass is 16.4. The first-order valence-corrected chi connectivity index (χ1v) is 18.0. The van der Waals surface area contributed by atoms with Crippen LogP contribution in [0.25, 0.3) is 0 Å².